The van der Waals surface area contributed by atoms with Crippen LogP contribution in [0.1, 0.15) is 19.3 Å². The summed E-state index contributed by atoms with van der Waals surface area (Å²) in [5.74, 6) is 0.943. The Morgan fingerprint density at radius 2 is 2.15 bits per heavy atom. The number of ether oxygens (including phenoxy) is 1. The number of nitrogens with zero attached hydrogens (tertiary/aromatic N) is 4. The van der Waals surface area contributed by atoms with E-state index < -0.39 is 0 Å². The van der Waals surface area contributed by atoms with Gasteiger partial charge in [0.05, 0.1) is 12.9 Å². The summed E-state index contributed by atoms with van der Waals surface area (Å²) in [4.78, 5) is 32.1. The molecule has 0 saturated carbocycles. The molecule has 3 rings (SSSR count). The van der Waals surface area contributed by atoms with Crippen LogP contribution in [0, 0.1) is 11.8 Å². The lowest BCUT2D eigenvalue weighted by Gasteiger charge is -2.32. The van der Waals surface area contributed by atoms with Crippen LogP contribution in [-0.4, -0.2) is 77.7 Å². The lowest BCUT2D eigenvalue weighted by atomic mass is 9.97. The molecule has 0 radical (unpaired) electrons. The van der Waals surface area contributed by atoms with Gasteiger partial charge in [-0.3, -0.25) is 4.79 Å². The smallest absolute Gasteiger partial charge is 0.317 e. The third kappa shape index (κ3) is 4.97. The highest BCUT2D eigenvalue weighted by molar-refractivity contribution is 5.79. The zero-order valence-corrected chi connectivity index (χ0v) is 15.5. The maximum absolute atomic E-state index is 12.4. The summed E-state index contributed by atoms with van der Waals surface area (Å²) >= 11 is 0. The first-order valence-corrected chi connectivity index (χ1v) is 9.41. The molecule has 0 bridgehead atoms. The number of rotatable bonds is 7. The number of nitrogens with one attached hydrogen (secondary N) is 1. The van der Waals surface area contributed by atoms with Crippen LogP contribution in [0.5, 0.6) is 0 Å². The van der Waals surface area contributed by atoms with Crippen molar-refractivity contribution < 1.29 is 14.3 Å². The minimum Gasteiger partial charge on any atom is -0.383 e. The molecule has 1 atom stereocenters. The van der Waals surface area contributed by atoms with E-state index in [1.54, 1.807) is 13.3 Å². The molecule has 2 saturated heterocycles. The van der Waals surface area contributed by atoms with Crippen molar-refractivity contribution in [2.24, 2.45) is 11.8 Å². The Kier molecular flexibility index (Phi) is 6.49. The van der Waals surface area contributed by atoms with Gasteiger partial charge in [0, 0.05) is 71.1 Å². The second kappa shape index (κ2) is 9.02. The molecule has 0 spiro atoms. The van der Waals surface area contributed by atoms with Gasteiger partial charge in [0.2, 0.25) is 5.91 Å². The van der Waals surface area contributed by atoms with Crippen molar-refractivity contribution in [1.82, 2.24) is 24.7 Å². The van der Waals surface area contributed by atoms with Crippen molar-refractivity contribution in [2.45, 2.75) is 25.8 Å². The predicted octanol–water partition coefficient (Wildman–Crippen LogP) is 0.800. The highest BCUT2D eigenvalue weighted by atomic mass is 16.5. The lowest BCUT2D eigenvalue weighted by molar-refractivity contribution is -0.128. The Labute approximate surface area is 154 Å². The summed E-state index contributed by atoms with van der Waals surface area (Å²) in [7, 11) is 1.64. The number of urea groups is 1. The van der Waals surface area contributed by atoms with E-state index in [2.05, 4.69) is 14.9 Å². The summed E-state index contributed by atoms with van der Waals surface area (Å²) in [5, 5.41) is 3.01. The number of likely N-dealkylation sites (tertiary alicyclic amines) is 2. The number of hydrogen-bond donors (Lipinski definition) is 1. The van der Waals surface area contributed by atoms with E-state index >= 15 is 0 Å². The Morgan fingerprint density at radius 3 is 2.85 bits per heavy atom. The fourth-order valence-electron chi connectivity index (χ4n) is 3.76. The zero-order chi connectivity index (χ0) is 18.4. The van der Waals surface area contributed by atoms with Gasteiger partial charge >= 0.3 is 6.03 Å². The maximum atomic E-state index is 12.4. The molecule has 1 N–H and O–H groups in total. The second-order valence-corrected chi connectivity index (χ2v) is 7.28. The second-order valence-electron chi connectivity index (χ2n) is 7.28. The number of amides is 3. The van der Waals surface area contributed by atoms with Crippen LogP contribution in [0.4, 0.5) is 4.79 Å². The molecule has 0 aromatic carbocycles. The van der Waals surface area contributed by atoms with Crippen LogP contribution in [-0.2, 0) is 16.1 Å². The largest absolute Gasteiger partial charge is 0.383 e. The predicted molar refractivity (Wildman–Crippen MR) is 96.5 cm³/mol. The molecule has 8 heteroatoms. The summed E-state index contributed by atoms with van der Waals surface area (Å²) < 4.78 is 7.14. The Bertz CT molecular complexity index is 584. The Hall–Kier alpha value is -2.09. The van der Waals surface area contributed by atoms with Crippen LogP contribution >= 0.6 is 0 Å². The maximum Gasteiger partial charge on any atom is 0.317 e. The molecule has 0 unspecified atom stereocenters. The number of carbonyl (C=O) groups excluding carboxylic acids is 2. The monoisotopic (exact) mass is 363 g/mol. The van der Waals surface area contributed by atoms with E-state index in [1.807, 2.05) is 22.3 Å². The van der Waals surface area contributed by atoms with Crippen LogP contribution in [0.3, 0.4) is 0 Å². The third-order valence-corrected chi connectivity index (χ3v) is 5.33. The fourth-order valence-corrected chi connectivity index (χ4v) is 3.76. The molecular weight excluding hydrogens is 334 g/mol. The van der Waals surface area contributed by atoms with Crippen molar-refractivity contribution in [2.75, 3.05) is 46.4 Å². The molecule has 144 valence electrons. The van der Waals surface area contributed by atoms with Gasteiger partial charge in [0.25, 0.3) is 0 Å². The van der Waals surface area contributed by atoms with Crippen LogP contribution in [0.2, 0.25) is 0 Å². The van der Waals surface area contributed by atoms with Crippen LogP contribution in [0.25, 0.3) is 0 Å². The van der Waals surface area contributed by atoms with Gasteiger partial charge in [-0.2, -0.15) is 0 Å². The molecule has 8 nitrogen and oxygen atoms in total. The molecule has 3 amide bonds. The van der Waals surface area contributed by atoms with Gasteiger partial charge in [0.15, 0.2) is 0 Å². The first kappa shape index (κ1) is 18.7. The van der Waals surface area contributed by atoms with E-state index in [0.29, 0.717) is 38.6 Å². The molecule has 1 aromatic heterocycles. The molecule has 3 heterocycles. The van der Waals surface area contributed by atoms with Gasteiger partial charge in [-0.25, -0.2) is 9.78 Å². The minimum atomic E-state index is -0.00567. The van der Waals surface area contributed by atoms with E-state index in [0.717, 1.165) is 32.5 Å². The number of imidazole rings is 1. The number of aromatic nitrogens is 2. The van der Waals surface area contributed by atoms with E-state index in [-0.39, 0.29) is 17.9 Å². The fraction of sp³-hybridized carbons (Fsp3) is 0.722. The summed E-state index contributed by atoms with van der Waals surface area (Å²) in [5.41, 5.74) is 0. The highest BCUT2D eigenvalue weighted by Gasteiger charge is 2.30. The summed E-state index contributed by atoms with van der Waals surface area (Å²) in [6.45, 7) is 4.99. The SMILES string of the molecule is COCCN1C[C@@H](CNC(=O)N2CCC(Cn3ccnc3)CC2)CC1=O. The molecule has 2 aliphatic heterocycles. The topological polar surface area (TPSA) is 79.7 Å². The molecule has 0 aliphatic carbocycles. The quantitative estimate of drug-likeness (QED) is 0.777. The standard InChI is InChI=1S/C18H29N5O3/c1-26-9-8-23-13-16(10-17(23)24)11-20-18(25)22-5-2-15(3-6-22)12-21-7-4-19-14-21/h4,7,14-16H,2-3,5-6,8-13H2,1H3,(H,20,25)/t16-/m1/s1. The van der Waals surface area contributed by atoms with E-state index in [4.69, 9.17) is 4.74 Å². The van der Waals surface area contributed by atoms with Crippen molar-refractivity contribution in [3.05, 3.63) is 18.7 Å². The first-order chi connectivity index (χ1) is 12.7. The average molecular weight is 363 g/mol. The molecule has 2 aliphatic rings. The van der Waals surface area contributed by atoms with Crippen LogP contribution < -0.4 is 5.32 Å². The van der Waals surface area contributed by atoms with E-state index in [9.17, 15) is 9.59 Å². The van der Waals surface area contributed by atoms with Gasteiger partial charge in [-0.05, 0) is 18.8 Å². The molecule has 26 heavy (non-hydrogen) atoms. The van der Waals surface area contributed by atoms with Crippen molar-refractivity contribution in [3.63, 3.8) is 0 Å². The average Bonchev–Trinajstić information content (AvgIpc) is 3.28. The molecular formula is C18H29N5O3. The number of methoxy groups -OCH3 is 1. The van der Waals surface area contributed by atoms with E-state index in [1.165, 1.54) is 0 Å². The van der Waals surface area contributed by atoms with Gasteiger partial charge in [-0.1, -0.05) is 0 Å². The van der Waals surface area contributed by atoms with Crippen LogP contribution in [0.15, 0.2) is 18.7 Å². The lowest BCUT2D eigenvalue weighted by Crippen LogP contribution is -2.46. The van der Waals surface area contributed by atoms with Crippen molar-refractivity contribution >= 4 is 11.9 Å². The normalized spacial score (nSPS) is 21.4. The molecule has 1 aromatic rings. The van der Waals surface area contributed by atoms with Gasteiger partial charge in [0.1, 0.15) is 0 Å². The number of hydrogen-bond acceptors (Lipinski definition) is 4. The summed E-state index contributed by atoms with van der Waals surface area (Å²) in [6.07, 6.45) is 8.16. The van der Waals surface area contributed by atoms with Gasteiger partial charge in [-0.15, -0.1) is 0 Å². The first-order valence-electron chi connectivity index (χ1n) is 9.41. The Balaban J connectivity index is 1.35. The van der Waals surface area contributed by atoms with Crippen molar-refractivity contribution in [3.8, 4) is 0 Å². The zero-order valence-electron chi connectivity index (χ0n) is 15.5. The number of carbonyl (C=O) groups is 2. The number of piperidine rings is 1. The Morgan fingerprint density at radius 1 is 1.35 bits per heavy atom. The van der Waals surface area contributed by atoms with Crippen molar-refractivity contribution in [1.29, 1.82) is 0 Å². The van der Waals surface area contributed by atoms with Gasteiger partial charge < -0.3 is 24.4 Å². The minimum absolute atomic E-state index is 0.00567. The highest BCUT2D eigenvalue weighted by Crippen LogP contribution is 2.20. The summed E-state index contributed by atoms with van der Waals surface area (Å²) in [6, 6.07) is -0.00567. The third-order valence-electron chi connectivity index (χ3n) is 5.33. The molecule has 2 fully saturated rings.